The van der Waals surface area contributed by atoms with Gasteiger partial charge in [0.2, 0.25) is 10.0 Å². The first kappa shape index (κ1) is 14.8. The van der Waals surface area contributed by atoms with Crippen molar-refractivity contribution in [3.63, 3.8) is 0 Å². The van der Waals surface area contributed by atoms with E-state index in [0.717, 1.165) is 25.9 Å². The summed E-state index contributed by atoms with van der Waals surface area (Å²) in [7, 11) is -1.51. The molecule has 3 N–H and O–H groups in total. The number of nitrogens with two attached hydrogens (primary N) is 1. The number of likely N-dealkylation sites (N-methyl/N-ethyl adjacent to an activating group) is 1. The van der Waals surface area contributed by atoms with Gasteiger partial charge >= 0.3 is 0 Å². The molecular weight excluding hydrogens is 330 g/mol. The molecule has 1 aliphatic heterocycles. The zero-order chi connectivity index (χ0) is 14.0. The Labute approximate surface area is 122 Å². The number of piperidine rings is 1. The Morgan fingerprint density at radius 2 is 2.21 bits per heavy atom. The summed E-state index contributed by atoms with van der Waals surface area (Å²) in [4.78, 5) is 2.37. The van der Waals surface area contributed by atoms with E-state index in [1.165, 1.54) is 6.07 Å². The van der Waals surface area contributed by atoms with Crippen LogP contribution in [0.3, 0.4) is 0 Å². The van der Waals surface area contributed by atoms with Crippen LogP contribution in [0.2, 0.25) is 0 Å². The van der Waals surface area contributed by atoms with Crippen molar-refractivity contribution in [2.45, 2.75) is 23.8 Å². The Balaban J connectivity index is 2.18. The van der Waals surface area contributed by atoms with E-state index in [9.17, 15) is 8.42 Å². The molecule has 0 spiro atoms. The molecule has 1 saturated heterocycles. The molecule has 0 saturated carbocycles. The minimum atomic E-state index is -3.51. The highest BCUT2D eigenvalue weighted by atomic mass is 79.9. The van der Waals surface area contributed by atoms with Crippen LogP contribution < -0.4 is 10.5 Å². The molecule has 1 unspecified atom stereocenters. The molecule has 5 nitrogen and oxygen atoms in total. The second-order valence-corrected chi connectivity index (χ2v) is 7.45. The molecule has 106 valence electrons. The first-order chi connectivity index (χ1) is 8.88. The zero-order valence-electron chi connectivity index (χ0n) is 10.8. The van der Waals surface area contributed by atoms with E-state index in [-0.39, 0.29) is 10.9 Å². The van der Waals surface area contributed by atoms with Crippen LogP contribution in [-0.4, -0.2) is 39.5 Å². The van der Waals surface area contributed by atoms with E-state index < -0.39 is 10.0 Å². The zero-order valence-corrected chi connectivity index (χ0v) is 13.2. The molecule has 1 heterocycles. The van der Waals surface area contributed by atoms with E-state index in [1.807, 2.05) is 7.05 Å². The predicted octanol–water partition coefficient (Wildman–Crippen LogP) is 1.40. The molecule has 1 aliphatic rings. The van der Waals surface area contributed by atoms with Crippen molar-refractivity contribution in [2.24, 2.45) is 0 Å². The van der Waals surface area contributed by atoms with Gasteiger partial charge in [-0.25, -0.2) is 13.1 Å². The molecule has 0 bridgehead atoms. The van der Waals surface area contributed by atoms with Gasteiger partial charge in [-0.1, -0.05) is 0 Å². The lowest BCUT2D eigenvalue weighted by molar-refractivity contribution is 0.242. The van der Waals surface area contributed by atoms with Gasteiger partial charge in [0.1, 0.15) is 0 Å². The van der Waals surface area contributed by atoms with Crippen LogP contribution in [0, 0.1) is 0 Å². The largest absolute Gasteiger partial charge is 0.399 e. The van der Waals surface area contributed by atoms with Crippen LogP contribution in [-0.2, 0) is 10.0 Å². The van der Waals surface area contributed by atoms with Gasteiger partial charge in [0.25, 0.3) is 0 Å². The average Bonchev–Trinajstić information content (AvgIpc) is 2.27. The van der Waals surface area contributed by atoms with Crippen LogP contribution in [0.25, 0.3) is 0 Å². The van der Waals surface area contributed by atoms with E-state index in [0.29, 0.717) is 10.2 Å². The Morgan fingerprint density at radius 1 is 1.47 bits per heavy atom. The number of hydrogen-bond acceptors (Lipinski definition) is 4. The third-order valence-corrected chi connectivity index (χ3v) is 5.69. The number of likely N-dealkylation sites (tertiary alicyclic amines) is 1. The highest BCUT2D eigenvalue weighted by molar-refractivity contribution is 9.10. The third kappa shape index (κ3) is 3.68. The summed E-state index contributed by atoms with van der Waals surface area (Å²) in [6, 6.07) is 4.68. The standard InChI is InChI=1S/C12H18BrN3O2S/c1-16-6-2-3-10(8-16)15-19(17,18)12-5-4-9(14)7-11(12)13/h4-5,7,10,15H,2-3,6,8,14H2,1H3. The summed E-state index contributed by atoms with van der Waals surface area (Å²) in [5, 5.41) is 0. The summed E-state index contributed by atoms with van der Waals surface area (Å²) >= 11 is 3.25. The van der Waals surface area contributed by atoms with Gasteiger partial charge < -0.3 is 10.6 Å². The molecule has 0 aromatic heterocycles. The normalized spacial score (nSPS) is 21.5. The number of rotatable bonds is 3. The summed E-state index contributed by atoms with van der Waals surface area (Å²) in [5.41, 5.74) is 6.15. The average molecular weight is 348 g/mol. The van der Waals surface area contributed by atoms with Gasteiger partial charge in [-0.15, -0.1) is 0 Å². The van der Waals surface area contributed by atoms with E-state index in [2.05, 4.69) is 25.6 Å². The molecule has 7 heteroatoms. The fourth-order valence-corrected chi connectivity index (χ4v) is 4.64. The molecule has 1 fully saturated rings. The Morgan fingerprint density at radius 3 is 2.84 bits per heavy atom. The first-order valence-corrected chi connectivity index (χ1v) is 8.42. The van der Waals surface area contributed by atoms with Crippen LogP contribution in [0.5, 0.6) is 0 Å². The van der Waals surface area contributed by atoms with E-state index in [1.54, 1.807) is 12.1 Å². The van der Waals surface area contributed by atoms with Crippen LogP contribution in [0.1, 0.15) is 12.8 Å². The Hall–Kier alpha value is -0.630. The second kappa shape index (κ2) is 5.78. The number of anilines is 1. The smallest absolute Gasteiger partial charge is 0.241 e. The monoisotopic (exact) mass is 347 g/mol. The van der Waals surface area contributed by atoms with Gasteiger partial charge in [-0.05, 0) is 60.6 Å². The number of hydrogen-bond donors (Lipinski definition) is 2. The second-order valence-electron chi connectivity index (χ2n) is 4.91. The molecule has 0 amide bonds. The highest BCUT2D eigenvalue weighted by Crippen LogP contribution is 2.24. The third-order valence-electron chi connectivity index (χ3n) is 3.19. The number of nitrogens with zero attached hydrogens (tertiary/aromatic N) is 1. The lowest BCUT2D eigenvalue weighted by Crippen LogP contribution is -2.46. The number of halogens is 1. The van der Waals surface area contributed by atoms with Gasteiger partial charge in [-0.3, -0.25) is 0 Å². The molecule has 0 aliphatic carbocycles. The lowest BCUT2D eigenvalue weighted by Gasteiger charge is -2.30. The van der Waals surface area contributed by atoms with Crippen LogP contribution >= 0.6 is 15.9 Å². The predicted molar refractivity (Wildman–Crippen MR) is 79.4 cm³/mol. The number of nitrogen functional groups attached to an aromatic ring is 1. The highest BCUT2D eigenvalue weighted by Gasteiger charge is 2.25. The Bertz CT molecular complexity index is 562. The van der Waals surface area contributed by atoms with Gasteiger partial charge in [-0.2, -0.15) is 0 Å². The summed E-state index contributed by atoms with van der Waals surface area (Å²) in [6.07, 6.45) is 1.88. The first-order valence-electron chi connectivity index (χ1n) is 6.14. The molecule has 1 aromatic rings. The van der Waals surface area contributed by atoms with Gasteiger partial charge in [0, 0.05) is 22.7 Å². The summed E-state index contributed by atoms with van der Waals surface area (Å²) in [5.74, 6) is 0. The lowest BCUT2D eigenvalue weighted by atomic mass is 10.1. The van der Waals surface area contributed by atoms with Gasteiger partial charge in [0.05, 0.1) is 4.90 Å². The molecular formula is C12H18BrN3O2S. The van der Waals surface area contributed by atoms with Crippen molar-refractivity contribution < 1.29 is 8.42 Å². The number of benzene rings is 1. The van der Waals surface area contributed by atoms with E-state index >= 15 is 0 Å². The van der Waals surface area contributed by atoms with E-state index in [4.69, 9.17) is 5.73 Å². The minimum Gasteiger partial charge on any atom is -0.399 e. The summed E-state index contributed by atoms with van der Waals surface area (Å²) in [6.45, 7) is 1.76. The van der Waals surface area contributed by atoms with Crippen LogP contribution in [0.15, 0.2) is 27.6 Å². The molecule has 19 heavy (non-hydrogen) atoms. The molecule has 1 atom stereocenters. The van der Waals surface area contributed by atoms with Crippen molar-refractivity contribution in [1.82, 2.24) is 9.62 Å². The van der Waals surface area contributed by atoms with Crippen LogP contribution in [0.4, 0.5) is 5.69 Å². The van der Waals surface area contributed by atoms with Crippen molar-refractivity contribution in [2.75, 3.05) is 25.9 Å². The maximum Gasteiger partial charge on any atom is 0.241 e. The van der Waals surface area contributed by atoms with Crippen molar-refractivity contribution in [1.29, 1.82) is 0 Å². The summed E-state index contributed by atoms with van der Waals surface area (Å²) < 4.78 is 27.9. The topological polar surface area (TPSA) is 75.4 Å². The Kier molecular flexibility index (Phi) is 4.50. The number of nitrogens with one attached hydrogen (secondary N) is 1. The fraction of sp³-hybridized carbons (Fsp3) is 0.500. The van der Waals surface area contributed by atoms with Gasteiger partial charge in [0.15, 0.2) is 0 Å². The van der Waals surface area contributed by atoms with Crippen molar-refractivity contribution in [3.05, 3.63) is 22.7 Å². The SMILES string of the molecule is CN1CCCC(NS(=O)(=O)c2ccc(N)cc2Br)C1. The van der Waals surface area contributed by atoms with Crippen molar-refractivity contribution >= 4 is 31.6 Å². The maximum atomic E-state index is 12.3. The minimum absolute atomic E-state index is 0.0341. The quantitative estimate of drug-likeness (QED) is 0.810. The molecule has 1 aromatic carbocycles. The molecule has 2 rings (SSSR count). The maximum absolute atomic E-state index is 12.3. The molecule has 0 radical (unpaired) electrons. The fourth-order valence-electron chi connectivity index (χ4n) is 2.28. The number of sulfonamides is 1. The van der Waals surface area contributed by atoms with Crippen molar-refractivity contribution in [3.8, 4) is 0 Å².